The zero-order chi connectivity index (χ0) is 15.4. The lowest BCUT2D eigenvalue weighted by atomic mass is 10.3. The van der Waals surface area contributed by atoms with Crippen molar-refractivity contribution in [3.8, 4) is 0 Å². The molecule has 0 radical (unpaired) electrons. The van der Waals surface area contributed by atoms with Crippen molar-refractivity contribution in [2.75, 3.05) is 0 Å². The van der Waals surface area contributed by atoms with Gasteiger partial charge in [0, 0.05) is 13.1 Å². The van der Waals surface area contributed by atoms with E-state index in [4.69, 9.17) is 18.0 Å². The first-order chi connectivity index (χ1) is 9.97. The Kier molecular flexibility index (Phi) is 4.29. The molecule has 1 aromatic carbocycles. The molecule has 0 bridgehead atoms. The van der Waals surface area contributed by atoms with Crippen LogP contribution in [0.2, 0.25) is 0 Å². The number of carbonyl (C=O) groups excluding carboxylic acids is 1. The Morgan fingerprint density at radius 2 is 2.19 bits per heavy atom. The quantitative estimate of drug-likeness (QED) is 0.551. The molecule has 0 saturated heterocycles. The van der Waals surface area contributed by atoms with Crippen molar-refractivity contribution in [2.24, 2.45) is 5.73 Å². The van der Waals surface area contributed by atoms with Gasteiger partial charge in [-0.3, -0.25) is 15.0 Å². The van der Waals surface area contributed by atoms with Gasteiger partial charge >= 0.3 is 0 Å². The topological polar surface area (TPSA) is 104 Å². The van der Waals surface area contributed by atoms with Gasteiger partial charge in [0.05, 0.1) is 11.0 Å². The van der Waals surface area contributed by atoms with Crippen LogP contribution in [-0.2, 0) is 4.79 Å². The molecule has 0 spiro atoms. The number of aromatic amines is 1. The van der Waals surface area contributed by atoms with Crippen LogP contribution in [0.1, 0.15) is 12.6 Å². The lowest BCUT2D eigenvalue weighted by Crippen LogP contribution is -2.44. The summed E-state index contributed by atoms with van der Waals surface area (Å²) in [4.78, 5) is 29.9. The molecule has 8 heteroatoms. The van der Waals surface area contributed by atoms with E-state index in [1.165, 1.54) is 19.2 Å². The molecule has 0 aliphatic rings. The Bertz CT molecular complexity index is 783. The van der Waals surface area contributed by atoms with Crippen molar-refractivity contribution in [1.82, 2.24) is 20.4 Å². The maximum absolute atomic E-state index is 11.9. The van der Waals surface area contributed by atoms with Gasteiger partial charge in [-0.25, -0.2) is 9.99 Å². The summed E-state index contributed by atoms with van der Waals surface area (Å²) in [5, 5.41) is 1.08. The number of hydrogen-bond donors (Lipinski definition) is 3. The Morgan fingerprint density at radius 1 is 1.48 bits per heavy atom. The van der Waals surface area contributed by atoms with Gasteiger partial charge < -0.3 is 10.7 Å². The average Bonchev–Trinajstić information content (AvgIpc) is 2.42. The zero-order valence-corrected chi connectivity index (χ0v) is 12.0. The third-order valence-electron chi connectivity index (χ3n) is 2.52. The number of thiocarbonyl (C=S) groups is 1. The van der Waals surface area contributed by atoms with Crippen LogP contribution in [-0.4, -0.2) is 26.0 Å². The number of aromatic nitrogens is 2. The fourth-order valence-corrected chi connectivity index (χ4v) is 1.74. The second-order valence-electron chi connectivity index (χ2n) is 4.16. The summed E-state index contributed by atoms with van der Waals surface area (Å²) < 4.78 is 0. The predicted molar refractivity (Wildman–Crippen MR) is 83.8 cm³/mol. The number of nitrogens with one attached hydrogen (secondary N) is 2. The van der Waals surface area contributed by atoms with Gasteiger partial charge in [-0.1, -0.05) is 12.1 Å². The number of amides is 1. The molecule has 2 aromatic rings. The van der Waals surface area contributed by atoms with E-state index in [9.17, 15) is 9.59 Å². The largest absolute Gasteiger partial charge is 0.374 e. The number of hydrazine groups is 1. The van der Waals surface area contributed by atoms with Crippen molar-refractivity contribution in [3.05, 3.63) is 46.5 Å². The number of nitrogens with zero attached hydrogens (tertiary/aromatic N) is 2. The number of carbonyl (C=O) groups is 1. The van der Waals surface area contributed by atoms with E-state index in [0.29, 0.717) is 11.0 Å². The number of benzene rings is 1. The Morgan fingerprint density at radius 3 is 2.86 bits per heavy atom. The SMILES string of the molecule is CC(=O)NN(/C=C/c1nc2ccccc2[nH]c1=O)C(N)=S. The molecule has 108 valence electrons. The second-order valence-corrected chi connectivity index (χ2v) is 4.58. The number of para-hydroxylation sites is 2. The zero-order valence-electron chi connectivity index (χ0n) is 11.2. The summed E-state index contributed by atoms with van der Waals surface area (Å²) in [5.74, 6) is -0.340. The lowest BCUT2D eigenvalue weighted by molar-refractivity contribution is -0.121. The second kappa shape index (κ2) is 6.14. The molecule has 0 aliphatic heterocycles. The van der Waals surface area contributed by atoms with E-state index in [-0.39, 0.29) is 22.3 Å². The van der Waals surface area contributed by atoms with E-state index >= 15 is 0 Å². The smallest absolute Gasteiger partial charge is 0.274 e. The highest BCUT2D eigenvalue weighted by Crippen LogP contribution is 2.06. The van der Waals surface area contributed by atoms with Crippen LogP contribution in [0.3, 0.4) is 0 Å². The highest BCUT2D eigenvalue weighted by molar-refractivity contribution is 7.80. The standard InChI is InChI=1S/C13H13N5O2S/c1-8(19)17-18(13(14)21)7-6-11-12(20)16-10-5-3-2-4-9(10)15-11/h2-7H,1H3,(H2,14,21)(H,16,20)(H,17,19)/b7-6+. The maximum atomic E-state index is 11.9. The van der Waals surface area contributed by atoms with Gasteiger partial charge in [-0.2, -0.15) is 0 Å². The maximum Gasteiger partial charge on any atom is 0.274 e. The van der Waals surface area contributed by atoms with Crippen molar-refractivity contribution in [1.29, 1.82) is 0 Å². The fraction of sp³-hybridized carbons (Fsp3) is 0.0769. The van der Waals surface area contributed by atoms with E-state index in [1.54, 1.807) is 18.2 Å². The van der Waals surface area contributed by atoms with Crippen molar-refractivity contribution < 1.29 is 4.79 Å². The third-order valence-corrected chi connectivity index (χ3v) is 2.72. The highest BCUT2D eigenvalue weighted by Gasteiger charge is 2.05. The minimum Gasteiger partial charge on any atom is -0.374 e. The first kappa shape index (κ1) is 14.7. The third kappa shape index (κ3) is 3.63. The molecule has 7 nitrogen and oxygen atoms in total. The van der Waals surface area contributed by atoms with E-state index in [2.05, 4.69) is 15.4 Å². The summed E-state index contributed by atoms with van der Waals surface area (Å²) in [6, 6.07) is 7.16. The van der Waals surface area contributed by atoms with Crippen LogP contribution < -0.4 is 16.7 Å². The normalized spacial score (nSPS) is 10.7. The van der Waals surface area contributed by atoms with Crippen LogP contribution in [0.25, 0.3) is 17.1 Å². The number of nitrogens with two attached hydrogens (primary N) is 1. The minimum atomic E-state index is -0.351. The molecule has 4 N–H and O–H groups in total. The Hall–Kier alpha value is -2.74. The van der Waals surface area contributed by atoms with E-state index in [0.717, 1.165) is 5.01 Å². The molecule has 21 heavy (non-hydrogen) atoms. The molecule has 2 rings (SSSR count). The number of fused-ring (bicyclic) bond motifs is 1. The van der Waals surface area contributed by atoms with Crippen molar-refractivity contribution >= 4 is 40.3 Å². The number of rotatable bonds is 2. The molecule has 1 heterocycles. The average molecular weight is 303 g/mol. The lowest BCUT2D eigenvalue weighted by Gasteiger charge is -2.17. The van der Waals surface area contributed by atoms with E-state index < -0.39 is 0 Å². The van der Waals surface area contributed by atoms with Crippen LogP contribution in [0.15, 0.2) is 35.3 Å². The van der Waals surface area contributed by atoms with Gasteiger partial charge in [0.1, 0.15) is 5.69 Å². The van der Waals surface area contributed by atoms with E-state index in [1.807, 2.05) is 6.07 Å². The predicted octanol–water partition coefficient (Wildman–Crippen LogP) is 0.490. The summed E-state index contributed by atoms with van der Waals surface area (Å²) in [5.41, 5.74) is 9.00. The number of H-pyrrole nitrogens is 1. The van der Waals surface area contributed by atoms with Gasteiger partial charge in [-0.15, -0.1) is 0 Å². The van der Waals surface area contributed by atoms with Crippen LogP contribution in [0.5, 0.6) is 0 Å². The van der Waals surface area contributed by atoms with Crippen molar-refractivity contribution in [2.45, 2.75) is 6.92 Å². The first-order valence-electron chi connectivity index (χ1n) is 6.00. The van der Waals surface area contributed by atoms with Crippen molar-refractivity contribution in [3.63, 3.8) is 0 Å². The first-order valence-corrected chi connectivity index (χ1v) is 6.41. The van der Waals surface area contributed by atoms with Crippen LogP contribution in [0, 0.1) is 0 Å². The molecular formula is C13H13N5O2S. The Balaban J connectivity index is 2.35. The molecular weight excluding hydrogens is 290 g/mol. The fourth-order valence-electron chi connectivity index (χ4n) is 1.64. The van der Waals surface area contributed by atoms with Gasteiger partial charge in [-0.05, 0) is 30.4 Å². The molecule has 1 aromatic heterocycles. The minimum absolute atomic E-state index is 0.0568. The molecule has 0 atom stereocenters. The van der Waals surface area contributed by atoms with Gasteiger partial charge in [0.25, 0.3) is 5.56 Å². The van der Waals surface area contributed by atoms with Crippen LogP contribution in [0.4, 0.5) is 0 Å². The summed E-state index contributed by atoms with van der Waals surface area (Å²) in [6.07, 6.45) is 2.79. The molecule has 0 unspecified atom stereocenters. The van der Waals surface area contributed by atoms with Gasteiger partial charge in [0.15, 0.2) is 5.11 Å². The summed E-state index contributed by atoms with van der Waals surface area (Å²) >= 11 is 4.79. The Labute approximate surface area is 125 Å². The number of hydrogen-bond acceptors (Lipinski definition) is 4. The molecule has 0 saturated carbocycles. The van der Waals surface area contributed by atoms with Crippen LogP contribution >= 0.6 is 12.2 Å². The summed E-state index contributed by atoms with van der Waals surface area (Å²) in [6.45, 7) is 1.32. The molecule has 0 fully saturated rings. The highest BCUT2D eigenvalue weighted by atomic mass is 32.1. The monoisotopic (exact) mass is 303 g/mol. The molecule has 1 amide bonds. The molecule has 0 aliphatic carbocycles. The summed E-state index contributed by atoms with van der Waals surface area (Å²) in [7, 11) is 0. The van der Waals surface area contributed by atoms with Gasteiger partial charge in [0.2, 0.25) is 5.91 Å².